The topological polar surface area (TPSA) is 71.3 Å². The average Bonchev–Trinajstić information content (AvgIpc) is 3.22. The van der Waals surface area contributed by atoms with Gasteiger partial charge in [0.25, 0.3) is 0 Å². The Balaban J connectivity index is 1.32. The van der Waals surface area contributed by atoms with Crippen molar-refractivity contribution in [3.8, 4) is 11.4 Å². The van der Waals surface area contributed by atoms with Crippen LogP contribution < -0.4 is 5.32 Å². The molecular weight excluding hydrogens is 435 g/mol. The maximum atomic E-state index is 12.7. The van der Waals surface area contributed by atoms with E-state index in [4.69, 9.17) is 27.7 Å². The first-order valence-corrected chi connectivity index (χ1v) is 11.1. The summed E-state index contributed by atoms with van der Waals surface area (Å²) in [4.78, 5) is 19.4. The van der Waals surface area contributed by atoms with Crippen molar-refractivity contribution in [2.24, 2.45) is 5.92 Å². The predicted octanol–water partition coefficient (Wildman–Crippen LogP) is 4.88. The largest absolute Gasteiger partial charge is 0.352 e. The molecule has 1 unspecified atom stereocenters. The zero-order valence-electron chi connectivity index (χ0n) is 17.3. The third-order valence-corrected chi connectivity index (χ3v) is 6.07. The first kappa shape index (κ1) is 21.8. The average molecular weight is 459 g/mol. The number of benzene rings is 2. The van der Waals surface area contributed by atoms with Crippen LogP contribution in [0.1, 0.15) is 29.9 Å². The molecule has 1 amide bonds. The van der Waals surface area contributed by atoms with Gasteiger partial charge in [0, 0.05) is 28.7 Å². The lowest BCUT2D eigenvalue weighted by Crippen LogP contribution is -2.42. The summed E-state index contributed by atoms with van der Waals surface area (Å²) in [6.45, 7) is 4.51. The van der Waals surface area contributed by atoms with E-state index >= 15 is 0 Å². The second-order valence-electron chi connectivity index (χ2n) is 7.91. The second-order valence-corrected chi connectivity index (χ2v) is 8.75. The van der Waals surface area contributed by atoms with Gasteiger partial charge in [0.15, 0.2) is 0 Å². The molecule has 0 bridgehead atoms. The molecule has 1 N–H and O–H groups in total. The number of rotatable bonds is 6. The molecule has 4 rings (SSSR count). The van der Waals surface area contributed by atoms with Crippen molar-refractivity contribution in [3.63, 3.8) is 0 Å². The van der Waals surface area contributed by atoms with Gasteiger partial charge in [-0.25, -0.2) is 0 Å². The molecule has 2 aromatic carbocycles. The number of hydrogen-bond donors (Lipinski definition) is 1. The number of likely N-dealkylation sites (tertiary alicyclic amines) is 1. The number of aryl methyl sites for hydroxylation is 1. The Kier molecular flexibility index (Phi) is 6.90. The minimum absolute atomic E-state index is 0.0293. The Morgan fingerprint density at radius 1 is 1.23 bits per heavy atom. The van der Waals surface area contributed by atoms with E-state index in [1.54, 1.807) is 12.1 Å². The zero-order chi connectivity index (χ0) is 21.8. The fourth-order valence-corrected chi connectivity index (χ4v) is 4.21. The fraction of sp³-hybridized carbons (Fsp3) is 0.348. The Bertz CT molecular complexity index is 1050. The van der Waals surface area contributed by atoms with E-state index in [0.717, 1.165) is 30.5 Å². The highest BCUT2D eigenvalue weighted by atomic mass is 35.5. The third-order valence-electron chi connectivity index (χ3n) is 5.48. The minimum atomic E-state index is -0.0840. The molecule has 0 saturated carbocycles. The molecule has 0 radical (unpaired) electrons. The molecule has 31 heavy (non-hydrogen) atoms. The van der Waals surface area contributed by atoms with E-state index in [0.29, 0.717) is 41.4 Å². The smallest absolute Gasteiger partial charge is 0.241 e. The molecule has 6 nitrogen and oxygen atoms in total. The lowest BCUT2D eigenvalue weighted by Gasteiger charge is -2.30. The van der Waals surface area contributed by atoms with Crippen molar-refractivity contribution >= 4 is 29.1 Å². The number of halogens is 2. The molecule has 1 saturated heterocycles. The van der Waals surface area contributed by atoms with Crippen LogP contribution in [0.25, 0.3) is 11.4 Å². The van der Waals surface area contributed by atoms with Gasteiger partial charge in [-0.1, -0.05) is 64.3 Å². The normalized spacial score (nSPS) is 16.9. The monoisotopic (exact) mass is 458 g/mol. The Labute approximate surface area is 191 Å². The van der Waals surface area contributed by atoms with Crippen molar-refractivity contribution in [1.29, 1.82) is 0 Å². The first-order chi connectivity index (χ1) is 15.0. The maximum absolute atomic E-state index is 12.7. The van der Waals surface area contributed by atoms with Crippen molar-refractivity contribution in [2.75, 3.05) is 13.1 Å². The van der Waals surface area contributed by atoms with Gasteiger partial charge >= 0.3 is 0 Å². The van der Waals surface area contributed by atoms with Gasteiger partial charge in [0.1, 0.15) is 0 Å². The van der Waals surface area contributed by atoms with Gasteiger partial charge in [-0.15, -0.1) is 0 Å². The molecule has 162 valence electrons. The second kappa shape index (κ2) is 9.81. The molecule has 1 fully saturated rings. The lowest BCUT2D eigenvalue weighted by atomic mass is 9.97. The molecule has 1 aromatic heterocycles. The van der Waals surface area contributed by atoms with Crippen molar-refractivity contribution in [1.82, 2.24) is 20.4 Å². The summed E-state index contributed by atoms with van der Waals surface area (Å²) in [6.07, 6.45) is 1.80. The SMILES string of the molecule is Cc1ccc(-c2noc(CN3CCCC(C(=O)NCc4ccc(Cl)cc4Cl)C3)n2)cc1. The van der Waals surface area contributed by atoms with Crippen LogP contribution in [0.15, 0.2) is 47.0 Å². The summed E-state index contributed by atoms with van der Waals surface area (Å²) in [5, 5.41) is 8.23. The van der Waals surface area contributed by atoms with Crippen LogP contribution >= 0.6 is 23.2 Å². The summed E-state index contributed by atoms with van der Waals surface area (Å²) in [7, 11) is 0. The molecule has 3 aromatic rings. The molecule has 0 spiro atoms. The van der Waals surface area contributed by atoms with E-state index in [-0.39, 0.29) is 11.8 Å². The molecular formula is C23H24Cl2N4O2. The van der Waals surface area contributed by atoms with Crippen LogP contribution in [0.2, 0.25) is 10.0 Å². The molecule has 1 aliphatic heterocycles. The number of nitrogens with zero attached hydrogens (tertiary/aromatic N) is 3. The number of nitrogens with one attached hydrogen (secondary N) is 1. The highest BCUT2D eigenvalue weighted by molar-refractivity contribution is 6.35. The number of amides is 1. The summed E-state index contributed by atoms with van der Waals surface area (Å²) in [5.41, 5.74) is 2.96. The van der Waals surface area contributed by atoms with Gasteiger partial charge in [-0.2, -0.15) is 4.98 Å². The number of carbonyl (C=O) groups excluding carboxylic acids is 1. The van der Waals surface area contributed by atoms with Crippen LogP contribution in [0, 0.1) is 12.8 Å². The Hall–Kier alpha value is -2.41. The van der Waals surface area contributed by atoms with E-state index in [1.165, 1.54) is 5.56 Å². The maximum Gasteiger partial charge on any atom is 0.241 e. The number of carbonyl (C=O) groups is 1. The fourth-order valence-electron chi connectivity index (χ4n) is 3.74. The number of hydrogen-bond acceptors (Lipinski definition) is 5. The molecule has 8 heteroatoms. The van der Waals surface area contributed by atoms with E-state index < -0.39 is 0 Å². The molecule has 0 aliphatic carbocycles. The number of aromatic nitrogens is 2. The number of piperidine rings is 1. The van der Waals surface area contributed by atoms with Crippen LogP contribution in [0.4, 0.5) is 0 Å². The van der Waals surface area contributed by atoms with Gasteiger partial charge < -0.3 is 9.84 Å². The first-order valence-electron chi connectivity index (χ1n) is 10.3. The predicted molar refractivity (Wildman–Crippen MR) is 121 cm³/mol. The Morgan fingerprint density at radius 3 is 2.81 bits per heavy atom. The van der Waals surface area contributed by atoms with Gasteiger partial charge in [-0.3, -0.25) is 9.69 Å². The van der Waals surface area contributed by atoms with E-state index in [1.807, 2.05) is 37.3 Å². The molecule has 1 atom stereocenters. The Morgan fingerprint density at radius 2 is 2.03 bits per heavy atom. The van der Waals surface area contributed by atoms with Crippen LogP contribution in [-0.4, -0.2) is 34.0 Å². The summed E-state index contributed by atoms with van der Waals surface area (Å²) in [6, 6.07) is 13.3. The van der Waals surface area contributed by atoms with Gasteiger partial charge in [0.05, 0.1) is 12.5 Å². The van der Waals surface area contributed by atoms with Gasteiger partial charge in [0.2, 0.25) is 17.6 Å². The van der Waals surface area contributed by atoms with Crippen LogP contribution in [0.3, 0.4) is 0 Å². The third kappa shape index (κ3) is 5.64. The van der Waals surface area contributed by atoms with E-state index in [9.17, 15) is 4.79 Å². The summed E-state index contributed by atoms with van der Waals surface area (Å²) >= 11 is 12.1. The standard InChI is InChI=1S/C23H24Cl2N4O2/c1-15-4-6-16(7-5-15)22-27-21(31-28-22)14-29-10-2-3-18(13-29)23(30)26-12-17-8-9-19(24)11-20(17)25/h4-9,11,18H,2-3,10,12-14H2,1H3,(H,26,30). The summed E-state index contributed by atoms with van der Waals surface area (Å²) in [5.74, 6) is 1.09. The highest BCUT2D eigenvalue weighted by Crippen LogP contribution is 2.23. The van der Waals surface area contributed by atoms with Crippen molar-refractivity contribution in [3.05, 3.63) is 69.5 Å². The van der Waals surface area contributed by atoms with E-state index in [2.05, 4.69) is 20.4 Å². The molecule has 1 aliphatic rings. The quantitative estimate of drug-likeness (QED) is 0.569. The zero-order valence-corrected chi connectivity index (χ0v) is 18.8. The van der Waals surface area contributed by atoms with Gasteiger partial charge in [-0.05, 0) is 44.0 Å². The van der Waals surface area contributed by atoms with Crippen LogP contribution in [-0.2, 0) is 17.9 Å². The lowest BCUT2D eigenvalue weighted by molar-refractivity contribution is -0.127. The molecule has 2 heterocycles. The highest BCUT2D eigenvalue weighted by Gasteiger charge is 2.27. The summed E-state index contributed by atoms with van der Waals surface area (Å²) < 4.78 is 5.45. The minimum Gasteiger partial charge on any atom is -0.352 e. The van der Waals surface area contributed by atoms with Crippen molar-refractivity contribution < 1.29 is 9.32 Å². The van der Waals surface area contributed by atoms with Crippen LogP contribution in [0.5, 0.6) is 0 Å². The van der Waals surface area contributed by atoms with Crippen molar-refractivity contribution in [2.45, 2.75) is 32.9 Å².